The van der Waals surface area contributed by atoms with Gasteiger partial charge in [-0.2, -0.15) is 0 Å². The number of hydrogen-bond acceptors (Lipinski definition) is 5. The highest BCUT2D eigenvalue weighted by Crippen LogP contribution is 2.19. The van der Waals surface area contributed by atoms with Crippen LogP contribution in [0.4, 0.5) is 0 Å². The molecule has 0 saturated heterocycles. The topological polar surface area (TPSA) is 75.6 Å². The summed E-state index contributed by atoms with van der Waals surface area (Å²) in [5.74, 6) is 0.198. The monoisotopic (exact) mass is 329 g/mol. The number of thioether (sulfide) groups is 2. The maximum atomic E-state index is 11.8. The SMILES string of the molecule is CSc1ccc(OC(C)C(=O)NCCSCC(=O)O)cc1. The Morgan fingerprint density at radius 3 is 2.57 bits per heavy atom. The van der Waals surface area contributed by atoms with Crippen LogP contribution in [0.1, 0.15) is 6.92 Å². The molecule has 116 valence electrons. The van der Waals surface area contributed by atoms with E-state index in [0.717, 1.165) is 4.90 Å². The summed E-state index contributed by atoms with van der Waals surface area (Å²) < 4.78 is 5.55. The number of nitrogens with one attached hydrogen (secondary N) is 1. The molecule has 1 amide bonds. The lowest BCUT2D eigenvalue weighted by Gasteiger charge is -2.14. The molecular weight excluding hydrogens is 310 g/mol. The Morgan fingerprint density at radius 2 is 2.00 bits per heavy atom. The minimum atomic E-state index is -0.850. The van der Waals surface area contributed by atoms with E-state index in [-0.39, 0.29) is 11.7 Å². The van der Waals surface area contributed by atoms with Crippen LogP contribution in [-0.2, 0) is 9.59 Å². The zero-order valence-electron chi connectivity index (χ0n) is 12.0. The van der Waals surface area contributed by atoms with Crippen LogP contribution in [0.25, 0.3) is 0 Å². The lowest BCUT2D eigenvalue weighted by atomic mass is 10.3. The van der Waals surface area contributed by atoms with E-state index in [2.05, 4.69) is 5.32 Å². The van der Waals surface area contributed by atoms with Crippen molar-refractivity contribution >= 4 is 35.4 Å². The maximum Gasteiger partial charge on any atom is 0.313 e. The van der Waals surface area contributed by atoms with Gasteiger partial charge in [0.1, 0.15) is 5.75 Å². The zero-order valence-corrected chi connectivity index (χ0v) is 13.6. The first-order chi connectivity index (χ1) is 10.0. The number of carboxylic acid groups (broad SMARTS) is 1. The molecule has 0 heterocycles. The highest BCUT2D eigenvalue weighted by atomic mass is 32.2. The molecule has 0 aliphatic rings. The molecule has 0 spiro atoms. The molecule has 0 aliphatic carbocycles. The van der Waals surface area contributed by atoms with Crippen molar-refractivity contribution in [3.8, 4) is 5.75 Å². The molecule has 2 N–H and O–H groups in total. The normalized spacial score (nSPS) is 11.7. The molecule has 1 atom stereocenters. The summed E-state index contributed by atoms with van der Waals surface area (Å²) in [6, 6.07) is 7.54. The van der Waals surface area contributed by atoms with Crippen molar-refractivity contribution in [1.29, 1.82) is 0 Å². The van der Waals surface area contributed by atoms with Crippen LogP contribution in [0.3, 0.4) is 0 Å². The highest BCUT2D eigenvalue weighted by Gasteiger charge is 2.13. The van der Waals surface area contributed by atoms with Gasteiger partial charge < -0.3 is 15.2 Å². The molecule has 0 bridgehead atoms. The van der Waals surface area contributed by atoms with Gasteiger partial charge in [0.15, 0.2) is 6.10 Å². The Bertz CT molecular complexity index is 465. The Hall–Kier alpha value is -1.34. The first kappa shape index (κ1) is 17.7. The first-order valence-electron chi connectivity index (χ1n) is 6.41. The van der Waals surface area contributed by atoms with Crippen LogP contribution in [0.15, 0.2) is 29.2 Å². The van der Waals surface area contributed by atoms with Gasteiger partial charge in [-0.3, -0.25) is 9.59 Å². The van der Waals surface area contributed by atoms with Crippen LogP contribution < -0.4 is 10.1 Å². The van der Waals surface area contributed by atoms with Crippen molar-refractivity contribution in [1.82, 2.24) is 5.32 Å². The summed E-state index contributed by atoms with van der Waals surface area (Å²) in [7, 11) is 0. The minimum Gasteiger partial charge on any atom is -0.481 e. The number of benzene rings is 1. The lowest BCUT2D eigenvalue weighted by Crippen LogP contribution is -2.37. The number of carboxylic acids is 1. The third-order valence-electron chi connectivity index (χ3n) is 2.51. The summed E-state index contributed by atoms with van der Waals surface area (Å²) >= 11 is 2.91. The molecule has 0 aromatic heterocycles. The molecule has 21 heavy (non-hydrogen) atoms. The Kier molecular flexibility index (Phi) is 8.07. The van der Waals surface area contributed by atoms with Crippen molar-refractivity contribution in [2.24, 2.45) is 0 Å². The summed E-state index contributed by atoms with van der Waals surface area (Å²) in [5, 5.41) is 11.2. The minimum absolute atomic E-state index is 0.0454. The largest absolute Gasteiger partial charge is 0.481 e. The second-order valence-electron chi connectivity index (χ2n) is 4.17. The number of carbonyl (C=O) groups is 2. The second-order valence-corrected chi connectivity index (χ2v) is 6.16. The Balaban J connectivity index is 2.28. The Morgan fingerprint density at radius 1 is 1.33 bits per heavy atom. The summed E-state index contributed by atoms with van der Waals surface area (Å²) in [6.45, 7) is 2.11. The molecule has 1 aromatic rings. The van der Waals surface area contributed by atoms with E-state index in [1.807, 2.05) is 30.5 Å². The number of hydrogen-bond donors (Lipinski definition) is 2. The fourth-order valence-corrected chi connectivity index (χ4v) is 2.44. The van der Waals surface area contributed by atoms with E-state index >= 15 is 0 Å². The van der Waals surface area contributed by atoms with Gasteiger partial charge in [-0.15, -0.1) is 23.5 Å². The predicted octanol–water partition coefficient (Wildman–Crippen LogP) is 2.11. The number of amides is 1. The highest BCUT2D eigenvalue weighted by molar-refractivity contribution is 7.99. The standard InChI is InChI=1S/C14H19NO4S2/c1-10(14(18)15-7-8-21-9-13(16)17)19-11-3-5-12(20-2)6-4-11/h3-6,10H,7-9H2,1-2H3,(H,15,18)(H,16,17). The van der Waals surface area contributed by atoms with Gasteiger partial charge in [0, 0.05) is 17.2 Å². The van der Waals surface area contributed by atoms with E-state index < -0.39 is 12.1 Å². The molecule has 0 fully saturated rings. The van der Waals surface area contributed by atoms with Crippen LogP contribution in [0.2, 0.25) is 0 Å². The van der Waals surface area contributed by atoms with Crippen molar-refractivity contribution in [2.75, 3.05) is 24.3 Å². The number of rotatable bonds is 9. The number of aliphatic carboxylic acids is 1. The fourth-order valence-electron chi connectivity index (χ4n) is 1.46. The lowest BCUT2D eigenvalue weighted by molar-refractivity contribution is -0.134. The van der Waals surface area contributed by atoms with Gasteiger partial charge in [0.25, 0.3) is 5.91 Å². The van der Waals surface area contributed by atoms with E-state index in [4.69, 9.17) is 9.84 Å². The summed E-state index contributed by atoms with van der Waals surface area (Å²) in [4.78, 5) is 23.3. The maximum absolute atomic E-state index is 11.8. The van der Waals surface area contributed by atoms with Crippen molar-refractivity contribution in [3.05, 3.63) is 24.3 Å². The summed E-state index contributed by atoms with van der Waals surface area (Å²) in [6.07, 6.45) is 1.41. The second kappa shape index (κ2) is 9.57. The zero-order chi connectivity index (χ0) is 15.7. The van der Waals surface area contributed by atoms with Crippen LogP contribution in [0.5, 0.6) is 5.75 Å². The molecule has 0 radical (unpaired) electrons. The summed E-state index contributed by atoms with van der Waals surface area (Å²) in [5.41, 5.74) is 0. The molecule has 1 aromatic carbocycles. The molecule has 0 aliphatic heterocycles. The van der Waals surface area contributed by atoms with Crippen LogP contribution in [0, 0.1) is 0 Å². The number of carbonyl (C=O) groups excluding carboxylic acids is 1. The quantitative estimate of drug-likeness (QED) is 0.534. The average molecular weight is 329 g/mol. The molecule has 1 unspecified atom stereocenters. The molecule has 7 heteroatoms. The van der Waals surface area contributed by atoms with Crippen molar-refractivity contribution in [3.63, 3.8) is 0 Å². The first-order valence-corrected chi connectivity index (χ1v) is 8.79. The van der Waals surface area contributed by atoms with E-state index in [1.165, 1.54) is 11.8 Å². The van der Waals surface area contributed by atoms with Gasteiger partial charge in [-0.1, -0.05) is 0 Å². The average Bonchev–Trinajstić information content (AvgIpc) is 2.47. The van der Waals surface area contributed by atoms with E-state index in [1.54, 1.807) is 18.7 Å². The van der Waals surface area contributed by atoms with Crippen molar-refractivity contribution < 1.29 is 19.4 Å². The van der Waals surface area contributed by atoms with E-state index in [9.17, 15) is 9.59 Å². The third kappa shape index (κ3) is 7.29. The van der Waals surface area contributed by atoms with Gasteiger partial charge in [-0.25, -0.2) is 0 Å². The fraction of sp³-hybridized carbons (Fsp3) is 0.429. The molecule has 0 saturated carbocycles. The van der Waals surface area contributed by atoms with Gasteiger partial charge in [-0.05, 0) is 37.4 Å². The van der Waals surface area contributed by atoms with Gasteiger partial charge in [0.2, 0.25) is 0 Å². The smallest absolute Gasteiger partial charge is 0.313 e. The van der Waals surface area contributed by atoms with E-state index in [0.29, 0.717) is 18.0 Å². The Labute approximate surface area is 132 Å². The molecular formula is C14H19NO4S2. The van der Waals surface area contributed by atoms with Crippen LogP contribution >= 0.6 is 23.5 Å². The number of ether oxygens (including phenoxy) is 1. The van der Waals surface area contributed by atoms with Crippen molar-refractivity contribution in [2.45, 2.75) is 17.9 Å². The third-order valence-corrected chi connectivity index (χ3v) is 4.20. The van der Waals surface area contributed by atoms with Crippen LogP contribution in [-0.4, -0.2) is 47.4 Å². The molecule has 5 nitrogen and oxygen atoms in total. The molecule has 1 rings (SSSR count). The van der Waals surface area contributed by atoms with Gasteiger partial charge in [0.05, 0.1) is 5.75 Å². The predicted molar refractivity (Wildman–Crippen MR) is 86.3 cm³/mol. The van der Waals surface area contributed by atoms with Gasteiger partial charge >= 0.3 is 5.97 Å².